The van der Waals surface area contributed by atoms with E-state index in [0.717, 1.165) is 0 Å². The molecular weight excluding hydrogens is 250 g/mol. The zero-order valence-corrected chi connectivity index (χ0v) is 10.7. The molecule has 1 aliphatic heterocycles. The van der Waals surface area contributed by atoms with E-state index in [9.17, 15) is 4.79 Å². The molecule has 0 bridgehead atoms. The van der Waals surface area contributed by atoms with Gasteiger partial charge in [-0.25, -0.2) is 9.78 Å². The molecule has 7 heteroatoms. The van der Waals surface area contributed by atoms with Crippen molar-refractivity contribution in [2.45, 2.75) is 6.10 Å². The van der Waals surface area contributed by atoms with Crippen LogP contribution in [-0.4, -0.2) is 50.5 Å². The zero-order valence-electron chi connectivity index (χ0n) is 10.7. The van der Waals surface area contributed by atoms with Crippen LogP contribution in [0.5, 0.6) is 0 Å². The number of nitrogens with two attached hydrogens (primary N) is 1. The normalized spacial score (nSPS) is 18.9. The third-order valence-corrected chi connectivity index (χ3v) is 2.70. The van der Waals surface area contributed by atoms with Gasteiger partial charge in [0, 0.05) is 6.54 Å². The summed E-state index contributed by atoms with van der Waals surface area (Å²) in [6.45, 7) is 2.25. The number of pyridine rings is 1. The molecule has 0 radical (unpaired) electrons. The second kappa shape index (κ2) is 6.35. The molecule has 1 atom stereocenters. The number of esters is 1. The van der Waals surface area contributed by atoms with Crippen molar-refractivity contribution in [3.05, 3.63) is 17.8 Å². The molecule has 1 aromatic rings. The maximum absolute atomic E-state index is 11.4. The van der Waals surface area contributed by atoms with Crippen LogP contribution < -0.4 is 11.1 Å². The van der Waals surface area contributed by atoms with E-state index in [1.165, 1.54) is 13.2 Å². The molecule has 2 heterocycles. The molecule has 1 unspecified atom stereocenters. The van der Waals surface area contributed by atoms with E-state index in [1.807, 2.05) is 0 Å². The fourth-order valence-electron chi connectivity index (χ4n) is 1.69. The van der Waals surface area contributed by atoms with Crippen LogP contribution >= 0.6 is 0 Å². The number of carbonyl (C=O) groups is 1. The van der Waals surface area contributed by atoms with Gasteiger partial charge in [-0.05, 0) is 12.1 Å². The number of ether oxygens (including phenoxy) is 3. The Morgan fingerprint density at radius 1 is 1.58 bits per heavy atom. The summed E-state index contributed by atoms with van der Waals surface area (Å²) in [5.74, 6) is -0.0580. The molecule has 0 aliphatic carbocycles. The standard InChI is InChI=1S/C12H17N3O4/c1-17-12(16)10-3-2-9(13)11(15-10)14-6-8-7-18-4-5-19-8/h2-3,8H,4-7,13H2,1H3,(H,14,15). The molecule has 3 N–H and O–H groups in total. The molecular formula is C12H17N3O4. The highest BCUT2D eigenvalue weighted by atomic mass is 16.6. The number of hydrogen-bond acceptors (Lipinski definition) is 7. The maximum atomic E-state index is 11.4. The monoisotopic (exact) mass is 267 g/mol. The third kappa shape index (κ3) is 3.55. The highest BCUT2D eigenvalue weighted by Gasteiger charge is 2.15. The van der Waals surface area contributed by atoms with Gasteiger partial charge in [0.1, 0.15) is 5.82 Å². The Kier molecular flexibility index (Phi) is 4.53. The first-order chi connectivity index (χ1) is 9.20. The number of nitrogen functional groups attached to an aromatic ring is 1. The molecule has 2 rings (SSSR count). The molecule has 19 heavy (non-hydrogen) atoms. The molecule has 7 nitrogen and oxygen atoms in total. The number of rotatable bonds is 4. The zero-order chi connectivity index (χ0) is 13.7. The first kappa shape index (κ1) is 13.6. The van der Waals surface area contributed by atoms with Crippen LogP contribution in [0.15, 0.2) is 12.1 Å². The molecule has 0 amide bonds. The number of anilines is 2. The van der Waals surface area contributed by atoms with E-state index in [2.05, 4.69) is 15.0 Å². The van der Waals surface area contributed by atoms with Crippen molar-refractivity contribution in [2.24, 2.45) is 0 Å². The Hall–Kier alpha value is -1.86. The lowest BCUT2D eigenvalue weighted by molar-refractivity contribution is -0.0819. The van der Waals surface area contributed by atoms with Crippen LogP contribution in [0.25, 0.3) is 0 Å². The van der Waals surface area contributed by atoms with Gasteiger partial charge in [-0.15, -0.1) is 0 Å². The Labute approximate surface area is 111 Å². The number of nitrogens with one attached hydrogen (secondary N) is 1. The van der Waals surface area contributed by atoms with Crippen molar-refractivity contribution in [3.63, 3.8) is 0 Å². The minimum Gasteiger partial charge on any atom is -0.464 e. The lowest BCUT2D eigenvalue weighted by atomic mass is 10.3. The molecule has 0 saturated carbocycles. The van der Waals surface area contributed by atoms with E-state index in [1.54, 1.807) is 6.07 Å². The topological polar surface area (TPSA) is 95.7 Å². The van der Waals surface area contributed by atoms with Gasteiger partial charge < -0.3 is 25.3 Å². The van der Waals surface area contributed by atoms with Gasteiger partial charge in [-0.3, -0.25) is 0 Å². The molecule has 1 aliphatic rings. The first-order valence-corrected chi connectivity index (χ1v) is 5.98. The second-order valence-corrected chi connectivity index (χ2v) is 4.07. The van der Waals surface area contributed by atoms with E-state index in [0.29, 0.717) is 37.9 Å². The second-order valence-electron chi connectivity index (χ2n) is 4.07. The van der Waals surface area contributed by atoms with Crippen LogP contribution in [-0.2, 0) is 14.2 Å². The van der Waals surface area contributed by atoms with Crippen molar-refractivity contribution >= 4 is 17.5 Å². The highest BCUT2D eigenvalue weighted by molar-refractivity contribution is 5.88. The summed E-state index contributed by atoms with van der Waals surface area (Å²) in [7, 11) is 1.31. The van der Waals surface area contributed by atoms with Crippen molar-refractivity contribution in [3.8, 4) is 0 Å². The SMILES string of the molecule is COC(=O)c1ccc(N)c(NCC2COCCO2)n1. The van der Waals surface area contributed by atoms with E-state index < -0.39 is 5.97 Å². The largest absolute Gasteiger partial charge is 0.464 e. The lowest BCUT2D eigenvalue weighted by Crippen LogP contribution is -2.34. The van der Waals surface area contributed by atoms with Gasteiger partial charge in [0.05, 0.1) is 38.7 Å². The predicted molar refractivity (Wildman–Crippen MR) is 69.0 cm³/mol. The van der Waals surface area contributed by atoms with Gasteiger partial charge in [0.15, 0.2) is 5.69 Å². The van der Waals surface area contributed by atoms with Crippen LogP contribution in [0.1, 0.15) is 10.5 Å². The maximum Gasteiger partial charge on any atom is 0.356 e. The van der Waals surface area contributed by atoms with Crippen molar-refractivity contribution in [1.82, 2.24) is 4.98 Å². The summed E-state index contributed by atoms with van der Waals surface area (Å²) in [6, 6.07) is 3.13. The van der Waals surface area contributed by atoms with Crippen molar-refractivity contribution in [2.75, 3.05) is 44.5 Å². The summed E-state index contributed by atoms with van der Waals surface area (Å²) < 4.78 is 15.4. The lowest BCUT2D eigenvalue weighted by Gasteiger charge is -2.23. The average molecular weight is 267 g/mol. The fourth-order valence-corrected chi connectivity index (χ4v) is 1.69. The summed E-state index contributed by atoms with van der Waals surface area (Å²) >= 11 is 0. The third-order valence-electron chi connectivity index (χ3n) is 2.70. The Bertz CT molecular complexity index is 447. The van der Waals surface area contributed by atoms with E-state index >= 15 is 0 Å². The summed E-state index contributed by atoms with van der Waals surface area (Å²) in [4.78, 5) is 15.5. The van der Waals surface area contributed by atoms with Gasteiger partial charge in [-0.1, -0.05) is 0 Å². The molecule has 1 fully saturated rings. The van der Waals surface area contributed by atoms with Crippen molar-refractivity contribution < 1.29 is 19.0 Å². The molecule has 0 aromatic carbocycles. The number of aromatic nitrogens is 1. The van der Waals surface area contributed by atoms with Crippen LogP contribution in [0.2, 0.25) is 0 Å². The molecule has 1 aromatic heterocycles. The van der Waals surface area contributed by atoms with E-state index in [-0.39, 0.29) is 11.8 Å². The smallest absolute Gasteiger partial charge is 0.356 e. The molecule has 0 spiro atoms. The quantitative estimate of drug-likeness (QED) is 0.756. The Morgan fingerprint density at radius 3 is 3.11 bits per heavy atom. The Balaban J connectivity index is 2.00. The van der Waals surface area contributed by atoms with Gasteiger partial charge in [0.2, 0.25) is 0 Å². The van der Waals surface area contributed by atoms with Crippen molar-refractivity contribution in [1.29, 1.82) is 0 Å². The van der Waals surface area contributed by atoms with Crippen LogP contribution in [0, 0.1) is 0 Å². The number of nitrogens with zero attached hydrogens (tertiary/aromatic N) is 1. The fraction of sp³-hybridized carbons (Fsp3) is 0.500. The minimum atomic E-state index is -0.500. The minimum absolute atomic E-state index is 0.0447. The summed E-state index contributed by atoms with van der Waals surface area (Å²) in [5, 5.41) is 3.05. The predicted octanol–water partition coefficient (Wildman–Crippen LogP) is 0.278. The molecule has 1 saturated heterocycles. The van der Waals surface area contributed by atoms with Crippen LogP contribution in [0.3, 0.4) is 0 Å². The number of hydrogen-bond donors (Lipinski definition) is 2. The first-order valence-electron chi connectivity index (χ1n) is 5.98. The van der Waals surface area contributed by atoms with Gasteiger partial charge in [-0.2, -0.15) is 0 Å². The molecule has 104 valence electrons. The van der Waals surface area contributed by atoms with E-state index in [4.69, 9.17) is 15.2 Å². The summed E-state index contributed by atoms with van der Waals surface area (Å²) in [6.07, 6.45) is -0.0447. The van der Waals surface area contributed by atoms with Crippen LogP contribution in [0.4, 0.5) is 11.5 Å². The summed E-state index contributed by atoms with van der Waals surface area (Å²) in [5.41, 5.74) is 6.47. The number of carbonyl (C=O) groups excluding carboxylic acids is 1. The number of methoxy groups -OCH3 is 1. The highest BCUT2D eigenvalue weighted by Crippen LogP contribution is 2.16. The van der Waals surface area contributed by atoms with Gasteiger partial charge >= 0.3 is 5.97 Å². The van der Waals surface area contributed by atoms with Gasteiger partial charge in [0.25, 0.3) is 0 Å². The average Bonchev–Trinajstić information content (AvgIpc) is 2.46. The Morgan fingerprint density at radius 2 is 2.42 bits per heavy atom.